The summed E-state index contributed by atoms with van der Waals surface area (Å²) in [6.45, 7) is 1.97. The number of hydrogen-bond donors (Lipinski definition) is 2. The van der Waals surface area contributed by atoms with Crippen molar-refractivity contribution in [3.8, 4) is 0 Å². The molecule has 1 aliphatic rings. The zero-order valence-corrected chi connectivity index (χ0v) is 16.7. The average molecular weight is 425 g/mol. The lowest BCUT2D eigenvalue weighted by atomic mass is 10.1. The van der Waals surface area contributed by atoms with Crippen LogP contribution in [0.25, 0.3) is 0 Å². The van der Waals surface area contributed by atoms with Gasteiger partial charge in [-0.25, -0.2) is 4.98 Å². The van der Waals surface area contributed by atoms with Crippen LogP contribution in [0.3, 0.4) is 0 Å². The van der Waals surface area contributed by atoms with Crippen LogP contribution in [0.1, 0.15) is 34.7 Å². The molecule has 0 unspecified atom stereocenters. The van der Waals surface area contributed by atoms with Crippen LogP contribution in [0, 0.1) is 0 Å². The molecule has 0 atom stereocenters. The van der Waals surface area contributed by atoms with Gasteiger partial charge < -0.3 is 15.5 Å². The minimum Gasteiger partial charge on any atom is -0.356 e. The number of aliphatic imine (C=N–C) groups is 1. The molecule has 10 heteroatoms. The zero-order chi connectivity index (χ0) is 20.9. The summed E-state index contributed by atoms with van der Waals surface area (Å²) < 4.78 is 37.7. The average Bonchev–Trinajstić information content (AvgIpc) is 3.34. The number of amides is 1. The number of nitrogens with one attached hydrogen (secondary N) is 2. The Kier molecular flexibility index (Phi) is 6.73. The van der Waals surface area contributed by atoms with Gasteiger partial charge in [0.25, 0.3) is 0 Å². The monoisotopic (exact) mass is 425 g/mol. The van der Waals surface area contributed by atoms with E-state index in [1.54, 1.807) is 7.05 Å². The van der Waals surface area contributed by atoms with Crippen LogP contribution in [0.15, 0.2) is 34.6 Å². The van der Waals surface area contributed by atoms with Crippen molar-refractivity contribution in [2.24, 2.45) is 4.99 Å². The van der Waals surface area contributed by atoms with Crippen molar-refractivity contribution >= 4 is 23.2 Å². The summed E-state index contributed by atoms with van der Waals surface area (Å²) in [5.74, 6) is 0.559. The molecule has 29 heavy (non-hydrogen) atoms. The molecular formula is C19H22F3N5OS. The molecule has 2 aromatic rings. The number of carbonyl (C=O) groups excluding carboxylic acids is 1. The first-order chi connectivity index (χ1) is 13.9. The number of alkyl halides is 3. The van der Waals surface area contributed by atoms with Gasteiger partial charge in [0.05, 0.1) is 6.54 Å². The van der Waals surface area contributed by atoms with Crippen molar-refractivity contribution in [1.29, 1.82) is 0 Å². The van der Waals surface area contributed by atoms with E-state index >= 15 is 0 Å². The van der Waals surface area contributed by atoms with Crippen molar-refractivity contribution in [1.82, 2.24) is 20.5 Å². The van der Waals surface area contributed by atoms with Crippen LogP contribution in [0.4, 0.5) is 13.2 Å². The second-order valence-electron chi connectivity index (χ2n) is 6.60. The highest BCUT2D eigenvalue weighted by atomic mass is 32.1. The predicted octanol–water partition coefficient (Wildman–Crippen LogP) is 3.15. The number of fused-ring (bicyclic) bond motifs is 1. The zero-order valence-electron chi connectivity index (χ0n) is 15.9. The van der Waals surface area contributed by atoms with Crippen molar-refractivity contribution < 1.29 is 18.0 Å². The molecule has 3 rings (SSSR count). The Bertz CT molecular complexity index is 856. The van der Waals surface area contributed by atoms with E-state index in [9.17, 15) is 18.0 Å². The molecule has 1 amide bonds. The molecule has 0 fully saturated rings. The molecule has 2 heterocycles. The number of rotatable bonds is 6. The lowest BCUT2D eigenvalue weighted by Crippen LogP contribution is -2.37. The second-order valence-corrected chi connectivity index (χ2v) is 7.54. The lowest BCUT2D eigenvalue weighted by Gasteiger charge is -2.16. The Hall–Kier alpha value is -2.62. The van der Waals surface area contributed by atoms with Crippen LogP contribution < -0.4 is 10.6 Å². The second kappa shape index (κ2) is 9.25. The highest BCUT2D eigenvalue weighted by molar-refractivity contribution is 7.09. The largest absolute Gasteiger partial charge is 0.434 e. The Morgan fingerprint density at radius 3 is 2.52 bits per heavy atom. The van der Waals surface area contributed by atoms with Crippen LogP contribution in [0.2, 0.25) is 0 Å². The SMILES string of the molecule is CN=C(NCCCC(=O)N1Cc2ccccc2C1)NCc1nc(C(F)(F)F)cs1. The molecule has 2 N–H and O–H groups in total. The molecule has 0 radical (unpaired) electrons. The van der Waals surface area contributed by atoms with Gasteiger partial charge in [-0.1, -0.05) is 24.3 Å². The van der Waals surface area contributed by atoms with Gasteiger partial charge in [0.2, 0.25) is 5.91 Å². The summed E-state index contributed by atoms with van der Waals surface area (Å²) in [6, 6.07) is 8.04. The number of nitrogens with zero attached hydrogens (tertiary/aromatic N) is 3. The van der Waals surface area contributed by atoms with E-state index in [0.29, 0.717) is 43.4 Å². The molecule has 1 aromatic carbocycles. The smallest absolute Gasteiger partial charge is 0.356 e. The van der Waals surface area contributed by atoms with Crippen LogP contribution >= 0.6 is 11.3 Å². The van der Waals surface area contributed by atoms with E-state index in [0.717, 1.165) is 16.7 Å². The summed E-state index contributed by atoms with van der Waals surface area (Å²) in [7, 11) is 1.57. The van der Waals surface area contributed by atoms with E-state index < -0.39 is 11.9 Å². The van der Waals surface area contributed by atoms with Gasteiger partial charge in [-0.3, -0.25) is 9.79 Å². The standard InChI is InChI=1S/C19H22F3N5OS/c1-23-18(25-9-16-26-15(12-29-16)19(20,21)22)24-8-4-7-17(28)27-10-13-5-2-3-6-14(13)11-27/h2-3,5-6,12H,4,7-11H2,1H3,(H2,23,24,25). The number of hydrogen-bond acceptors (Lipinski definition) is 4. The number of carbonyl (C=O) groups is 1. The lowest BCUT2D eigenvalue weighted by molar-refractivity contribution is -0.140. The molecule has 0 spiro atoms. The molecule has 156 valence electrons. The van der Waals surface area contributed by atoms with Gasteiger partial charge in [0.15, 0.2) is 11.7 Å². The fourth-order valence-electron chi connectivity index (χ4n) is 3.02. The Labute approximate surface area is 170 Å². The highest BCUT2D eigenvalue weighted by Gasteiger charge is 2.33. The maximum Gasteiger partial charge on any atom is 0.434 e. The summed E-state index contributed by atoms with van der Waals surface area (Å²) in [4.78, 5) is 21.8. The minimum atomic E-state index is -4.43. The molecule has 0 saturated carbocycles. The van der Waals surface area contributed by atoms with Crippen LogP contribution in [-0.4, -0.2) is 35.3 Å². The normalized spacial score (nSPS) is 14.1. The quantitative estimate of drug-likeness (QED) is 0.424. The van der Waals surface area contributed by atoms with E-state index in [4.69, 9.17) is 0 Å². The predicted molar refractivity (Wildman–Crippen MR) is 105 cm³/mol. The Balaban J connectivity index is 1.36. The van der Waals surface area contributed by atoms with Gasteiger partial charge in [-0.2, -0.15) is 13.2 Å². The van der Waals surface area contributed by atoms with Gasteiger partial charge >= 0.3 is 6.18 Å². The van der Waals surface area contributed by atoms with E-state index in [2.05, 4.69) is 20.6 Å². The highest BCUT2D eigenvalue weighted by Crippen LogP contribution is 2.29. The first-order valence-electron chi connectivity index (χ1n) is 9.17. The van der Waals surface area contributed by atoms with Gasteiger partial charge in [0.1, 0.15) is 5.01 Å². The van der Waals surface area contributed by atoms with Crippen LogP contribution in [0.5, 0.6) is 0 Å². The maximum atomic E-state index is 12.6. The number of guanidine groups is 1. The fourth-order valence-corrected chi connectivity index (χ4v) is 3.76. The van der Waals surface area contributed by atoms with Gasteiger partial charge in [-0.15, -0.1) is 11.3 Å². The third-order valence-electron chi connectivity index (χ3n) is 4.53. The number of benzene rings is 1. The molecule has 1 aromatic heterocycles. The number of aromatic nitrogens is 1. The van der Waals surface area contributed by atoms with E-state index in [1.807, 2.05) is 29.2 Å². The molecule has 0 bridgehead atoms. The van der Waals surface area contributed by atoms with Crippen LogP contribution in [-0.2, 0) is 30.6 Å². The molecular weight excluding hydrogens is 403 g/mol. The molecule has 1 aliphatic heterocycles. The third-order valence-corrected chi connectivity index (χ3v) is 5.38. The Morgan fingerprint density at radius 1 is 1.24 bits per heavy atom. The fraction of sp³-hybridized carbons (Fsp3) is 0.421. The first kappa shape index (κ1) is 21.1. The maximum absolute atomic E-state index is 12.6. The summed E-state index contributed by atoms with van der Waals surface area (Å²) in [5.41, 5.74) is 1.50. The summed E-state index contributed by atoms with van der Waals surface area (Å²) in [5, 5.41) is 7.31. The topological polar surface area (TPSA) is 69.6 Å². The third kappa shape index (κ3) is 5.69. The summed E-state index contributed by atoms with van der Waals surface area (Å²) in [6.07, 6.45) is -3.39. The van der Waals surface area contributed by atoms with Crippen molar-refractivity contribution in [2.75, 3.05) is 13.6 Å². The molecule has 6 nitrogen and oxygen atoms in total. The first-order valence-corrected chi connectivity index (χ1v) is 10.1. The van der Waals surface area contributed by atoms with E-state index in [-0.39, 0.29) is 12.5 Å². The Morgan fingerprint density at radius 2 is 1.93 bits per heavy atom. The molecule has 0 saturated heterocycles. The number of thiazole rings is 1. The van der Waals surface area contributed by atoms with E-state index in [1.165, 1.54) is 11.1 Å². The summed E-state index contributed by atoms with van der Waals surface area (Å²) >= 11 is 0.944. The van der Waals surface area contributed by atoms with Crippen molar-refractivity contribution in [2.45, 2.75) is 38.7 Å². The van der Waals surface area contributed by atoms with Crippen molar-refractivity contribution in [3.05, 3.63) is 51.5 Å². The molecule has 0 aliphatic carbocycles. The van der Waals surface area contributed by atoms with Gasteiger partial charge in [-0.05, 0) is 17.5 Å². The van der Waals surface area contributed by atoms with Crippen molar-refractivity contribution in [3.63, 3.8) is 0 Å². The van der Waals surface area contributed by atoms with Gasteiger partial charge in [0, 0.05) is 38.5 Å². The number of halogens is 3. The minimum absolute atomic E-state index is 0.105.